The molecule has 0 heterocycles. The summed E-state index contributed by atoms with van der Waals surface area (Å²) < 4.78 is 0. The van der Waals surface area contributed by atoms with E-state index in [1.165, 1.54) is 0 Å². The molecule has 0 aliphatic rings. The highest BCUT2D eigenvalue weighted by atomic mass is 35.5. The van der Waals surface area contributed by atoms with Crippen molar-refractivity contribution in [1.29, 1.82) is 0 Å². The fourth-order valence-electron chi connectivity index (χ4n) is 1.18. The Hall–Kier alpha value is -0.560. The van der Waals surface area contributed by atoms with Crippen LogP contribution in [0.2, 0.25) is 0 Å². The van der Waals surface area contributed by atoms with Gasteiger partial charge in [-0.25, -0.2) is 0 Å². The van der Waals surface area contributed by atoms with Crippen LogP contribution in [0.15, 0.2) is 24.3 Å². The lowest BCUT2D eigenvalue weighted by molar-refractivity contribution is -0.114. The minimum absolute atomic E-state index is 0.258. The molecule has 0 saturated heterocycles. The van der Waals surface area contributed by atoms with Gasteiger partial charge in [0, 0.05) is 12.3 Å². The van der Waals surface area contributed by atoms with Crippen molar-refractivity contribution in [3.8, 4) is 0 Å². The van der Waals surface area contributed by atoms with Crippen LogP contribution in [-0.4, -0.2) is 11.7 Å². The normalized spacial score (nSPS) is 11.6. The van der Waals surface area contributed by atoms with Gasteiger partial charge in [0.05, 0.1) is 0 Å². The quantitative estimate of drug-likeness (QED) is 0.249. The summed E-state index contributed by atoms with van der Waals surface area (Å²) in [7, 11) is 0. The minimum atomic E-state index is 0.258. The molecule has 0 aliphatic carbocycles. The number of alkyl halides is 1. The highest BCUT2D eigenvalue weighted by molar-refractivity contribution is 6.18. The van der Waals surface area contributed by atoms with Gasteiger partial charge >= 0.3 is 0 Å². The molecule has 0 spiro atoms. The van der Waals surface area contributed by atoms with Crippen molar-refractivity contribution >= 4 is 17.4 Å². The van der Waals surface area contributed by atoms with Gasteiger partial charge in [-0.3, -0.25) is 4.79 Å². The van der Waals surface area contributed by atoms with Gasteiger partial charge in [-0.15, -0.1) is 11.6 Å². The van der Waals surface area contributed by atoms with Crippen LogP contribution in [0.3, 0.4) is 0 Å². The summed E-state index contributed by atoms with van der Waals surface area (Å²) in [6.07, 6.45) is 13.6. The summed E-state index contributed by atoms with van der Waals surface area (Å²) in [6.45, 7) is 2.10. The Kier molecular flexibility index (Phi) is 11.1. The van der Waals surface area contributed by atoms with Crippen LogP contribution in [0.5, 0.6) is 0 Å². The Morgan fingerprint density at radius 3 is 2.53 bits per heavy atom. The first kappa shape index (κ1) is 14.4. The third-order valence-electron chi connectivity index (χ3n) is 2.08. The lowest BCUT2D eigenvalue weighted by atomic mass is 10.1. The second-order valence-corrected chi connectivity index (χ2v) is 3.84. The van der Waals surface area contributed by atoms with Crippen LogP contribution in [-0.2, 0) is 4.79 Å². The molecule has 1 nitrogen and oxygen atoms in total. The van der Waals surface area contributed by atoms with Crippen LogP contribution >= 0.6 is 11.6 Å². The summed E-state index contributed by atoms with van der Waals surface area (Å²) in [5.74, 6) is 0.846. The Morgan fingerprint density at radius 2 is 1.87 bits per heavy atom. The maximum Gasteiger partial charge on any atom is 0.155 e. The molecule has 0 saturated carbocycles. The molecular weight excluding hydrogens is 208 g/mol. The number of hydrogen-bond donors (Lipinski definition) is 0. The molecule has 2 heteroatoms. The average Bonchev–Trinajstić information content (AvgIpc) is 2.25. The minimum Gasteiger partial charge on any atom is -0.295 e. The molecule has 0 aromatic heterocycles. The molecule has 15 heavy (non-hydrogen) atoms. The van der Waals surface area contributed by atoms with Gasteiger partial charge in [-0.2, -0.15) is 0 Å². The number of hydrogen-bond acceptors (Lipinski definition) is 1. The lowest BCUT2D eigenvalue weighted by Crippen LogP contribution is -1.90. The van der Waals surface area contributed by atoms with E-state index in [4.69, 9.17) is 11.6 Å². The molecular formula is C13H21ClO. The number of halogens is 1. The van der Waals surface area contributed by atoms with Gasteiger partial charge in [0.2, 0.25) is 0 Å². The third-order valence-corrected chi connectivity index (χ3v) is 2.26. The van der Waals surface area contributed by atoms with Crippen LogP contribution in [0.25, 0.3) is 0 Å². The fourth-order valence-corrected chi connectivity index (χ4v) is 1.31. The zero-order chi connectivity index (χ0) is 11.4. The van der Waals surface area contributed by atoms with Crippen LogP contribution in [0.1, 0.15) is 45.4 Å². The SMILES string of the molecule is CCCCC(=O)/C=C/CCC/C=C/CCl. The summed E-state index contributed by atoms with van der Waals surface area (Å²) in [6, 6.07) is 0. The van der Waals surface area contributed by atoms with E-state index in [1.54, 1.807) is 6.08 Å². The molecule has 86 valence electrons. The first-order chi connectivity index (χ1) is 7.31. The van der Waals surface area contributed by atoms with Crippen molar-refractivity contribution in [2.45, 2.75) is 45.4 Å². The molecule has 0 aromatic rings. The number of allylic oxidation sites excluding steroid dienone is 4. The Balaban J connectivity index is 3.37. The molecule has 0 unspecified atom stereocenters. The second-order valence-electron chi connectivity index (χ2n) is 3.53. The molecule has 0 radical (unpaired) electrons. The van der Waals surface area contributed by atoms with Gasteiger partial charge < -0.3 is 0 Å². The van der Waals surface area contributed by atoms with E-state index in [1.807, 2.05) is 12.2 Å². The summed E-state index contributed by atoms with van der Waals surface area (Å²) in [4.78, 5) is 11.2. The molecule has 0 aliphatic heterocycles. The molecule has 0 atom stereocenters. The van der Waals surface area contributed by atoms with Gasteiger partial charge in [0.15, 0.2) is 5.78 Å². The van der Waals surface area contributed by atoms with Crippen molar-refractivity contribution in [2.24, 2.45) is 0 Å². The summed E-state index contributed by atoms with van der Waals surface area (Å²) in [5.41, 5.74) is 0. The number of carbonyl (C=O) groups excluding carboxylic acids is 1. The van der Waals surface area contributed by atoms with Gasteiger partial charge in [0.25, 0.3) is 0 Å². The average molecular weight is 229 g/mol. The summed E-state index contributed by atoms with van der Waals surface area (Å²) in [5, 5.41) is 0. The lowest BCUT2D eigenvalue weighted by Gasteiger charge is -1.92. The predicted molar refractivity (Wildman–Crippen MR) is 67.4 cm³/mol. The van der Waals surface area contributed by atoms with Crippen LogP contribution in [0.4, 0.5) is 0 Å². The number of ketones is 1. The van der Waals surface area contributed by atoms with Crippen molar-refractivity contribution in [3.05, 3.63) is 24.3 Å². The molecule has 0 fully saturated rings. The Bertz CT molecular complexity index is 207. The molecule has 0 amide bonds. The van der Waals surface area contributed by atoms with Gasteiger partial charge in [-0.05, 0) is 31.8 Å². The predicted octanol–water partition coefficient (Wildman–Crippen LogP) is 4.27. The first-order valence-electron chi connectivity index (χ1n) is 5.71. The number of unbranched alkanes of at least 4 members (excludes halogenated alkanes) is 3. The topological polar surface area (TPSA) is 17.1 Å². The van der Waals surface area contributed by atoms with E-state index in [-0.39, 0.29) is 5.78 Å². The van der Waals surface area contributed by atoms with E-state index >= 15 is 0 Å². The summed E-state index contributed by atoms with van der Waals surface area (Å²) >= 11 is 5.49. The second kappa shape index (κ2) is 11.5. The number of carbonyl (C=O) groups is 1. The highest BCUT2D eigenvalue weighted by Crippen LogP contribution is 2.00. The van der Waals surface area contributed by atoms with Crippen molar-refractivity contribution in [1.82, 2.24) is 0 Å². The zero-order valence-corrected chi connectivity index (χ0v) is 10.3. The Labute approximate surface area is 98.2 Å². The standard InChI is InChI=1S/C13H21ClO/c1-2-3-10-13(15)11-8-6-4-5-7-9-12-14/h7-9,11H,2-6,10,12H2,1H3/b9-7+,11-8+. The number of rotatable bonds is 9. The van der Waals surface area contributed by atoms with Gasteiger partial charge in [-0.1, -0.05) is 31.6 Å². The van der Waals surface area contributed by atoms with Crippen LogP contribution in [0, 0.1) is 0 Å². The van der Waals surface area contributed by atoms with Crippen molar-refractivity contribution < 1.29 is 4.79 Å². The van der Waals surface area contributed by atoms with Gasteiger partial charge in [0.1, 0.15) is 0 Å². The maximum atomic E-state index is 11.2. The fraction of sp³-hybridized carbons (Fsp3) is 0.615. The highest BCUT2D eigenvalue weighted by Gasteiger charge is 1.93. The van der Waals surface area contributed by atoms with E-state index in [2.05, 4.69) is 13.0 Å². The monoisotopic (exact) mass is 228 g/mol. The van der Waals surface area contributed by atoms with E-state index < -0.39 is 0 Å². The molecule has 0 aromatic carbocycles. The van der Waals surface area contributed by atoms with Crippen molar-refractivity contribution in [2.75, 3.05) is 5.88 Å². The zero-order valence-electron chi connectivity index (χ0n) is 9.55. The smallest absolute Gasteiger partial charge is 0.155 e. The van der Waals surface area contributed by atoms with Crippen LogP contribution < -0.4 is 0 Å². The molecule has 0 bridgehead atoms. The molecule has 0 N–H and O–H groups in total. The van der Waals surface area contributed by atoms with Crippen molar-refractivity contribution in [3.63, 3.8) is 0 Å². The first-order valence-corrected chi connectivity index (χ1v) is 6.25. The Morgan fingerprint density at radius 1 is 1.13 bits per heavy atom. The third kappa shape index (κ3) is 11.4. The maximum absolute atomic E-state index is 11.2. The van der Waals surface area contributed by atoms with E-state index in [0.717, 1.165) is 32.1 Å². The largest absolute Gasteiger partial charge is 0.295 e. The van der Waals surface area contributed by atoms with E-state index in [0.29, 0.717) is 12.3 Å². The molecule has 0 rings (SSSR count). The van der Waals surface area contributed by atoms with E-state index in [9.17, 15) is 4.79 Å².